The number of hydrogen-bond donors (Lipinski definition) is 1. The number of H-pyrrole nitrogens is 1. The first-order chi connectivity index (χ1) is 6.47. The summed E-state index contributed by atoms with van der Waals surface area (Å²) < 4.78 is 2.98. The van der Waals surface area contributed by atoms with Crippen molar-refractivity contribution in [2.45, 2.75) is 46.1 Å². The van der Waals surface area contributed by atoms with E-state index < -0.39 is 0 Å². The fourth-order valence-corrected chi connectivity index (χ4v) is 1.95. The van der Waals surface area contributed by atoms with Gasteiger partial charge < -0.3 is 4.57 Å². The van der Waals surface area contributed by atoms with E-state index in [9.17, 15) is 0 Å². The first kappa shape index (κ1) is 9.90. The van der Waals surface area contributed by atoms with Crippen LogP contribution >= 0.6 is 12.2 Å². The third-order valence-corrected chi connectivity index (χ3v) is 2.67. The maximum atomic E-state index is 5.22. The lowest BCUT2D eigenvalue weighted by Gasteiger charge is -2.17. The summed E-state index contributed by atoms with van der Waals surface area (Å²) in [6, 6.07) is 0.624. The SMILES string of the molecule is CC(C)(C)Cc1n[nH]c(=S)n1C1CC1. The van der Waals surface area contributed by atoms with Crippen LogP contribution in [0.5, 0.6) is 0 Å². The van der Waals surface area contributed by atoms with Gasteiger partial charge in [-0.1, -0.05) is 20.8 Å². The minimum atomic E-state index is 0.271. The Balaban J connectivity index is 2.29. The highest BCUT2D eigenvalue weighted by Crippen LogP contribution is 2.36. The van der Waals surface area contributed by atoms with E-state index >= 15 is 0 Å². The van der Waals surface area contributed by atoms with Crippen molar-refractivity contribution < 1.29 is 0 Å². The predicted molar refractivity (Wildman–Crippen MR) is 58.8 cm³/mol. The average molecular weight is 211 g/mol. The molecule has 0 spiro atoms. The van der Waals surface area contributed by atoms with E-state index in [0.29, 0.717) is 6.04 Å². The van der Waals surface area contributed by atoms with Crippen molar-refractivity contribution in [3.63, 3.8) is 0 Å². The molecule has 1 aliphatic carbocycles. The van der Waals surface area contributed by atoms with E-state index in [1.807, 2.05) is 0 Å². The van der Waals surface area contributed by atoms with Crippen LogP contribution < -0.4 is 0 Å². The normalized spacial score (nSPS) is 17.4. The van der Waals surface area contributed by atoms with Gasteiger partial charge in [0, 0.05) is 12.5 Å². The Morgan fingerprint density at radius 2 is 2.14 bits per heavy atom. The summed E-state index contributed by atoms with van der Waals surface area (Å²) >= 11 is 5.22. The van der Waals surface area contributed by atoms with Gasteiger partial charge in [-0.05, 0) is 30.5 Å². The second-order valence-electron chi connectivity index (χ2n) is 5.28. The van der Waals surface area contributed by atoms with Crippen LogP contribution in [0, 0.1) is 10.2 Å². The highest BCUT2D eigenvalue weighted by Gasteiger charge is 2.28. The lowest BCUT2D eigenvalue weighted by atomic mass is 9.92. The Hall–Kier alpha value is -0.640. The Morgan fingerprint density at radius 1 is 1.50 bits per heavy atom. The number of nitrogens with zero attached hydrogens (tertiary/aromatic N) is 2. The van der Waals surface area contributed by atoms with E-state index in [0.717, 1.165) is 17.0 Å². The second-order valence-corrected chi connectivity index (χ2v) is 5.67. The highest BCUT2D eigenvalue weighted by molar-refractivity contribution is 7.71. The summed E-state index contributed by atoms with van der Waals surface area (Å²) in [5.74, 6) is 1.12. The third-order valence-electron chi connectivity index (χ3n) is 2.38. The number of hydrogen-bond acceptors (Lipinski definition) is 2. The molecular formula is C10H17N3S. The number of aromatic amines is 1. The maximum Gasteiger partial charge on any atom is 0.195 e. The lowest BCUT2D eigenvalue weighted by Crippen LogP contribution is -2.14. The topological polar surface area (TPSA) is 33.6 Å². The molecule has 0 atom stereocenters. The fraction of sp³-hybridized carbons (Fsp3) is 0.800. The zero-order valence-electron chi connectivity index (χ0n) is 9.00. The number of nitrogens with one attached hydrogen (secondary N) is 1. The van der Waals surface area contributed by atoms with Gasteiger partial charge in [0.2, 0.25) is 0 Å². The molecule has 1 aromatic rings. The van der Waals surface area contributed by atoms with Crippen molar-refractivity contribution in [2.24, 2.45) is 5.41 Å². The van der Waals surface area contributed by atoms with Crippen molar-refractivity contribution in [3.8, 4) is 0 Å². The van der Waals surface area contributed by atoms with Gasteiger partial charge in [-0.3, -0.25) is 5.10 Å². The molecule has 3 nitrogen and oxygen atoms in total. The first-order valence-electron chi connectivity index (χ1n) is 5.13. The minimum absolute atomic E-state index is 0.271. The van der Waals surface area contributed by atoms with Gasteiger partial charge >= 0.3 is 0 Å². The van der Waals surface area contributed by atoms with Crippen LogP contribution in [-0.2, 0) is 6.42 Å². The lowest BCUT2D eigenvalue weighted by molar-refractivity contribution is 0.391. The van der Waals surface area contributed by atoms with Gasteiger partial charge in [-0.15, -0.1) is 0 Å². The summed E-state index contributed by atoms with van der Waals surface area (Å²) in [6.45, 7) is 6.67. The second kappa shape index (κ2) is 3.19. The van der Waals surface area contributed by atoms with Crippen LogP contribution in [0.4, 0.5) is 0 Å². The van der Waals surface area contributed by atoms with Crippen LogP contribution in [0.15, 0.2) is 0 Å². The molecule has 1 saturated carbocycles. The van der Waals surface area contributed by atoms with Gasteiger partial charge in [0.1, 0.15) is 5.82 Å². The monoisotopic (exact) mass is 211 g/mol. The highest BCUT2D eigenvalue weighted by atomic mass is 32.1. The standard InChI is InChI=1S/C10H17N3S/c1-10(2,3)6-8-11-12-9(14)13(8)7-4-5-7/h7H,4-6H2,1-3H3,(H,12,14). The number of rotatable bonds is 2. The first-order valence-corrected chi connectivity index (χ1v) is 5.54. The molecule has 78 valence electrons. The molecule has 0 radical (unpaired) electrons. The smallest absolute Gasteiger partial charge is 0.195 e. The molecule has 1 heterocycles. The molecule has 0 aliphatic heterocycles. The van der Waals surface area contributed by atoms with Crippen LogP contribution in [0.1, 0.15) is 45.5 Å². The molecule has 2 rings (SSSR count). The summed E-state index contributed by atoms with van der Waals surface area (Å²) in [5.41, 5.74) is 0.271. The predicted octanol–water partition coefficient (Wildman–Crippen LogP) is 2.86. The van der Waals surface area contributed by atoms with Crippen LogP contribution in [-0.4, -0.2) is 14.8 Å². The van der Waals surface area contributed by atoms with Crippen LogP contribution in [0.2, 0.25) is 0 Å². The zero-order chi connectivity index (χ0) is 10.3. The quantitative estimate of drug-likeness (QED) is 0.763. The Bertz CT molecular complexity index is 379. The largest absolute Gasteiger partial charge is 0.301 e. The van der Waals surface area contributed by atoms with Gasteiger partial charge in [0.15, 0.2) is 4.77 Å². The van der Waals surface area contributed by atoms with Gasteiger partial charge in [0.25, 0.3) is 0 Å². The van der Waals surface area contributed by atoms with E-state index in [-0.39, 0.29) is 5.41 Å². The average Bonchev–Trinajstić information content (AvgIpc) is 2.77. The summed E-state index contributed by atoms with van der Waals surface area (Å²) in [4.78, 5) is 0. The molecule has 1 fully saturated rings. The summed E-state index contributed by atoms with van der Waals surface area (Å²) in [5, 5.41) is 7.21. The van der Waals surface area contributed by atoms with Crippen molar-refractivity contribution >= 4 is 12.2 Å². The summed E-state index contributed by atoms with van der Waals surface area (Å²) in [6.07, 6.45) is 3.49. The molecule has 14 heavy (non-hydrogen) atoms. The van der Waals surface area contributed by atoms with Crippen molar-refractivity contribution in [1.82, 2.24) is 14.8 Å². The summed E-state index contributed by atoms with van der Waals surface area (Å²) in [7, 11) is 0. The molecule has 0 unspecified atom stereocenters. The Morgan fingerprint density at radius 3 is 2.64 bits per heavy atom. The molecule has 1 aromatic heterocycles. The van der Waals surface area contributed by atoms with E-state index in [2.05, 4.69) is 35.5 Å². The number of aromatic nitrogens is 3. The van der Waals surface area contributed by atoms with Crippen LogP contribution in [0.3, 0.4) is 0 Å². The van der Waals surface area contributed by atoms with Crippen molar-refractivity contribution in [3.05, 3.63) is 10.6 Å². The van der Waals surface area contributed by atoms with Crippen molar-refractivity contribution in [1.29, 1.82) is 0 Å². The Kier molecular flexibility index (Phi) is 2.26. The molecule has 0 aromatic carbocycles. The van der Waals surface area contributed by atoms with E-state index in [1.54, 1.807) is 0 Å². The molecule has 1 N–H and O–H groups in total. The Labute approximate surface area is 89.5 Å². The van der Waals surface area contributed by atoms with E-state index in [4.69, 9.17) is 12.2 Å². The maximum absolute atomic E-state index is 5.22. The van der Waals surface area contributed by atoms with Crippen LogP contribution in [0.25, 0.3) is 0 Å². The molecule has 0 saturated heterocycles. The molecular weight excluding hydrogens is 194 g/mol. The van der Waals surface area contributed by atoms with Gasteiger partial charge in [0.05, 0.1) is 0 Å². The van der Waals surface area contributed by atoms with Gasteiger partial charge in [-0.25, -0.2) is 0 Å². The molecule has 0 bridgehead atoms. The fourth-order valence-electron chi connectivity index (χ4n) is 1.65. The third kappa shape index (κ3) is 2.05. The molecule has 0 amide bonds. The van der Waals surface area contributed by atoms with Gasteiger partial charge in [-0.2, -0.15) is 5.10 Å². The van der Waals surface area contributed by atoms with Crippen molar-refractivity contribution in [2.75, 3.05) is 0 Å². The zero-order valence-corrected chi connectivity index (χ0v) is 9.82. The molecule has 1 aliphatic rings. The molecule has 4 heteroatoms. The van der Waals surface area contributed by atoms with E-state index in [1.165, 1.54) is 12.8 Å². The minimum Gasteiger partial charge on any atom is -0.301 e.